The number of nitrogen functional groups attached to an aromatic ring is 1. The van der Waals surface area contributed by atoms with Gasteiger partial charge in [-0.15, -0.1) is 0 Å². The van der Waals surface area contributed by atoms with Crippen LogP contribution in [-0.4, -0.2) is 106 Å². The van der Waals surface area contributed by atoms with E-state index in [2.05, 4.69) is 19.9 Å². The molecule has 12 heteroatoms. The first-order valence-electron chi connectivity index (χ1n) is 11.6. The molecule has 2 aliphatic heterocycles. The van der Waals surface area contributed by atoms with E-state index >= 15 is 0 Å². The maximum atomic E-state index is 12.7. The highest BCUT2D eigenvalue weighted by Gasteiger charge is 2.38. The first kappa shape index (κ1) is 22.5. The number of hydrogen-bond donors (Lipinski definition) is 2. The number of ether oxygens (including phenoxy) is 2. The molecule has 0 spiro atoms. The second-order valence-electron chi connectivity index (χ2n) is 8.97. The standard InChI is InChI=1S/C22H30N8O4/c1-28(22(32)30-3-2-16(31)13-30)15-8-17(9-15)34-19-10-18(14-11-24-20(23)25-12-14)26-21(27-19)29-4-6-33-7-5-29/h10-12,15-17,31H,2-9,13H2,1H3,(H2,23,24,25)/t15-,16-,17-/m1/s1. The number of hydrogen-bond acceptors (Lipinski definition) is 10. The molecule has 3 fully saturated rings. The van der Waals surface area contributed by atoms with Crippen molar-refractivity contribution < 1.29 is 19.4 Å². The van der Waals surface area contributed by atoms with Gasteiger partial charge in [0.2, 0.25) is 17.8 Å². The Balaban J connectivity index is 1.27. The number of rotatable bonds is 5. The summed E-state index contributed by atoms with van der Waals surface area (Å²) in [6.07, 6.45) is 4.86. The van der Waals surface area contributed by atoms with E-state index in [0.717, 1.165) is 18.4 Å². The summed E-state index contributed by atoms with van der Waals surface area (Å²) in [6, 6.07) is 1.84. The fourth-order valence-corrected chi connectivity index (χ4v) is 4.41. The lowest BCUT2D eigenvalue weighted by Gasteiger charge is -2.41. The van der Waals surface area contributed by atoms with Gasteiger partial charge in [-0.1, -0.05) is 0 Å². The van der Waals surface area contributed by atoms with Crippen LogP contribution in [0.3, 0.4) is 0 Å². The highest BCUT2D eigenvalue weighted by atomic mass is 16.5. The van der Waals surface area contributed by atoms with E-state index in [-0.39, 0.29) is 24.1 Å². The van der Waals surface area contributed by atoms with E-state index < -0.39 is 6.10 Å². The van der Waals surface area contributed by atoms with Crippen LogP contribution < -0.4 is 15.4 Å². The molecule has 34 heavy (non-hydrogen) atoms. The van der Waals surface area contributed by atoms with Crippen LogP contribution in [0.2, 0.25) is 0 Å². The third-order valence-corrected chi connectivity index (χ3v) is 6.59. The molecule has 0 radical (unpaired) electrons. The smallest absolute Gasteiger partial charge is 0.320 e. The fraction of sp³-hybridized carbons (Fsp3) is 0.591. The molecular formula is C22H30N8O4. The molecule has 4 heterocycles. The molecule has 0 unspecified atom stereocenters. The molecule has 2 amide bonds. The Hall–Kier alpha value is -3.25. The number of amides is 2. The molecule has 2 aromatic rings. The number of β-amino-alcohol motifs (C(OH)–C–C–N with tert-alkyl or cyclic N) is 1. The van der Waals surface area contributed by atoms with Crippen molar-refractivity contribution in [3.8, 4) is 17.1 Å². The number of aliphatic hydroxyl groups is 1. The minimum Gasteiger partial charge on any atom is -0.474 e. The zero-order valence-electron chi connectivity index (χ0n) is 19.2. The number of aliphatic hydroxyl groups excluding tert-OH is 1. The van der Waals surface area contributed by atoms with Crippen LogP contribution in [-0.2, 0) is 4.74 Å². The number of likely N-dealkylation sites (tertiary alicyclic amines) is 1. The second kappa shape index (κ2) is 9.55. The van der Waals surface area contributed by atoms with Crippen LogP contribution in [0, 0.1) is 0 Å². The van der Waals surface area contributed by atoms with Gasteiger partial charge in [-0.25, -0.2) is 19.7 Å². The van der Waals surface area contributed by atoms with Crippen LogP contribution in [0.5, 0.6) is 5.88 Å². The number of nitrogens with two attached hydrogens (primary N) is 1. The first-order chi connectivity index (χ1) is 16.5. The molecule has 0 bridgehead atoms. The van der Waals surface area contributed by atoms with Crippen molar-refractivity contribution in [3.63, 3.8) is 0 Å². The largest absolute Gasteiger partial charge is 0.474 e. The van der Waals surface area contributed by atoms with Gasteiger partial charge in [-0.05, 0) is 6.42 Å². The Morgan fingerprint density at radius 2 is 1.94 bits per heavy atom. The highest BCUT2D eigenvalue weighted by molar-refractivity contribution is 5.75. The van der Waals surface area contributed by atoms with Crippen LogP contribution in [0.15, 0.2) is 18.5 Å². The molecule has 1 atom stereocenters. The Labute approximate surface area is 197 Å². The average molecular weight is 471 g/mol. The average Bonchev–Trinajstić information content (AvgIpc) is 3.27. The van der Waals surface area contributed by atoms with Crippen molar-refractivity contribution in [2.45, 2.75) is 37.5 Å². The quantitative estimate of drug-likeness (QED) is 0.629. The Bertz CT molecular complexity index is 1010. The van der Waals surface area contributed by atoms with Gasteiger partial charge >= 0.3 is 6.03 Å². The molecule has 182 valence electrons. The molecule has 2 aromatic heterocycles. The van der Waals surface area contributed by atoms with Crippen LogP contribution in [0.1, 0.15) is 19.3 Å². The number of aromatic nitrogens is 4. The van der Waals surface area contributed by atoms with E-state index in [1.807, 2.05) is 7.05 Å². The molecule has 3 aliphatic rings. The zero-order valence-corrected chi connectivity index (χ0v) is 19.2. The highest BCUT2D eigenvalue weighted by Crippen LogP contribution is 2.32. The monoisotopic (exact) mass is 470 g/mol. The van der Waals surface area contributed by atoms with Crippen molar-refractivity contribution in [1.29, 1.82) is 0 Å². The Morgan fingerprint density at radius 1 is 1.21 bits per heavy atom. The summed E-state index contributed by atoms with van der Waals surface area (Å²) in [5.41, 5.74) is 7.01. The molecule has 0 aromatic carbocycles. The van der Waals surface area contributed by atoms with Gasteiger partial charge in [-0.3, -0.25) is 0 Å². The summed E-state index contributed by atoms with van der Waals surface area (Å²) in [7, 11) is 1.81. The van der Waals surface area contributed by atoms with Crippen LogP contribution in [0.25, 0.3) is 11.3 Å². The normalized spacial score (nSPS) is 24.6. The van der Waals surface area contributed by atoms with Crippen molar-refractivity contribution in [2.24, 2.45) is 0 Å². The number of urea groups is 1. The summed E-state index contributed by atoms with van der Waals surface area (Å²) in [5.74, 6) is 1.25. The van der Waals surface area contributed by atoms with Crippen molar-refractivity contribution >= 4 is 17.9 Å². The number of carbonyl (C=O) groups excluding carboxylic acids is 1. The van der Waals surface area contributed by atoms with E-state index in [1.54, 1.807) is 28.3 Å². The Kier molecular flexibility index (Phi) is 6.33. The van der Waals surface area contributed by atoms with E-state index in [9.17, 15) is 9.90 Å². The van der Waals surface area contributed by atoms with Crippen LogP contribution >= 0.6 is 0 Å². The SMILES string of the molecule is CN(C(=O)N1CC[C@@H](O)C1)[C@H]1C[C@H](Oc2cc(-c3cnc(N)nc3)nc(N3CCOCC3)n2)C1. The van der Waals surface area contributed by atoms with Crippen molar-refractivity contribution in [2.75, 3.05) is 57.1 Å². The lowest BCUT2D eigenvalue weighted by molar-refractivity contribution is 0.0334. The van der Waals surface area contributed by atoms with Gasteiger partial charge in [-0.2, -0.15) is 4.98 Å². The zero-order chi connectivity index (χ0) is 23.7. The number of anilines is 2. The van der Waals surface area contributed by atoms with Gasteiger partial charge in [0.15, 0.2) is 0 Å². The molecule has 1 saturated carbocycles. The van der Waals surface area contributed by atoms with Gasteiger partial charge in [0.1, 0.15) is 6.10 Å². The first-order valence-corrected chi connectivity index (χ1v) is 11.6. The molecule has 5 rings (SSSR count). The van der Waals surface area contributed by atoms with E-state index in [1.165, 1.54) is 0 Å². The summed E-state index contributed by atoms with van der Waals surface area (Å²) in [5, 5.41) is 9.71. The maximum Gasteiger partial charge on any atom is 0.320 e. The number of morpholine rings is 1. The van der Waals surface area contributed by atoms with Gasteiger partial charge < -0.3 is 35.0 Å². The van der Waals surface area contributed by atoms with E-state index in [0.29, 0.717) is 63.3 Å². The van der Waals surface area contributed by atoms with Crippen molar-refractivity contribution in [1.82, 2.24) is 29.7 Å². The van der Waals surface area contributed by atoms with Gasteiger partial charge in [0.05, 0.1) is 25.0 Å². The minimum atomic E-state index is -0.422. The third kappa shape index (κ3) is 4.82. The Morgan fingerprint density at radius 3 is 2.62 bits per heavy atom. The number of nitrogens with zero attached hydrogens (tertiary/aromatic N) is 7. The molecular weight excluding hydrogens is 440 g/mol. The summed E-state index contributed by atoms with van der Waals surface area (Å²) in [4.78, 5) is 35.7. The molecule has 1 aliphatic carbocycles. The molecule has 3 N–H and O–H groups in total. The minimum absolute atomic E-state index is 0.0396. The lowest BCUT2D eigenvalue weighted by atomic mass is 9.88. The van der Waals surface area contributed by atoms with Crippen molar-refractivity contribution in [3.05, 3.63) is 18.5 Å². The lowest BCUT2D eigenvalue weighted by Crippen LogP contribution is -2.53. The molecule has 2 saturated heterocycles. The van der Waals surface area contributed by atoms with Gasteiger partial charge in [0, 0.05) is 76.1 Å². The summed E-state index contributed by atoms with van der Waals surface area (Å²) >= 11 is 0. The maximum absolute atomic E-state index is 12.7. The van der Waals surface area contributed by atoms with E-state index in [4.69, 9.17) is 20.2 Å². The van der Waals surface area contributed by atoms with Gasteiger partial charge in [0.25, 0.3) is 0 Å². The topological polar surface area (TPSA) is 143 Å². The summed E-state index contributed by atoms with van der Waals surface area (Å²) in [6.45, 7) is 3.63. The number of carbonyl (C=O) groups is 1. The fourth-order valence-electron chi connectivity index (χ4n) is 4.41. The second-order valence-corrected chi connectivity index (χ2v) is 8.97. The predicted octanol–water partition coefficient (Wildman–Crippen LogP) is 0.381. The molecule has 12 nitrogen and oxygen atoms in total. The van der Waals surface area contributed by atoms with Crippen LogP contribution in [0.4, 0.5) is 16.7 Å². The third-order valence-electron chi connectivity index (χ3n) is 6.59. The summed E-state index contributed by atoms with van der Waals surface area (Å²) < 4.78 is 11.7. The predicted molar refractivity (Wildman–Crippen MR) is 123 cm³/mol.